The number of amidine groups is 1. The Hall–Kier alpha value is -2.52. The van der Waals surface area contributed by atoms with Crippen LogP contribution in [0.2, 0.25) is 0 Å². The Labute approximate surface area is 179 Å². The molecule has 2 saturated heterocycles. The largest absolute Gasteiger partial charge is 0.454 e. The molecule has 3 heterocycles. The maximum atomic E-state index is 12.8. The predicted molar refractivity (Wildman–Crippen MR) is 115 cm³/mol. The van der Waals surface area contributed by atoms with Crippen molar-refractivity contribution in [2.75, 3.05) is 24.8 Å². The highest BCUT2D eigenvalue weighted by molar-refractivity contribution is 8.15. The number of ether oxygens (including phenoxy) is 2. The van der Waals surface area contributed by atoms with Gasteiger partial charge >= 0.3 is 0 Å². The molecule has 30 heavy (non-hydrogen) atoms. The standard InChI is InChI=1S/C21H20N2O5S2/c24-20(15-6-7-17-18(10-15)28-13-27-17)22-21-23(9-8-14-4-2-1-3-5-14)16-11-30(25,26)12-19(16)29-21/h1-7,10,16,19H,8-9,11-13H2/t16-,19-/m0/s1. The van der Waals surface area contributed by atoms with Crippen LogP contribution in [-0.4, -0.2) is 60.5 Å². The number of nitrogens with zero attached hydrogens (tertiary/aromatic N) is 2. The number of thioether (sulfide) groups is 1. The second-order valence-electron chi connectivity index (χ2n) is 7.50. The molecule has 0 unspecified atom stereocenters. The minimum absolute atomic E-state index is 0.0888. The molecule has 2 aromatic carbocycles. The highest BCUT2D eigenvalue weighted by atomic mass is 32.2. The lowest BCUT2D eigenvalue weighted by Crippen LogP contribution is -2.39. The molecule has 0 saturated carbocycles. The summed E-state index contributed by atoms with van der Waals surface area (Å²) in [6.45, 7) is 0.753. The number of rotatable bonds is 4. The van der Waals surface area contributed by atoms with Crippen molar-refractivity contribution in [1.82, 2.24) is 4.90 Å². The van der Waals surface area contributed by atoms with Crippen LogP contribution in [-0.2, 0) is 16.3 Å². The summed E-state index contributed by atoms with van der Waals surface area (Å²) in [5.41, 5.74) is 1.58. The number of carbonyl (C=O) groups excluding carboxylic acids is 1. The maximum Gasteiger partial charge on any atom is 0.279 e. The van der Waals surface area contributed by atoms with Crippen LogP contribution in [0.3, 0.4) is 0 Å². The summed E-state index contributed by atoms with van der Waals surface area (Å²) in [5, 5.41) is 0.507. The van der Waals surface area contributed by atoms with Gasteiger partial charge in [-0.05, 0) is 30.2 Å². The lowest BCUT2D eigenvalue weighted by molar-refractivity contribution is 0.100. The summed E-state index contributed by atoms with van der Waals surface area (Å²) in [5.74, 6) is 1.00. The molecule has 0 N–H and O–H groups in total. The number of hydrogen-bond acceptors (Lipinski definition) is 6. The first kappa shape index (κ1) is 19.4. The number of aliphatic imine (C=N–C) groups is 1. The third kappa shape index (κ3) is 3.79. The highest BCUT2D eigenvalue weighted by Gasteiger charge is 2.48. The summed E-state index contributed by atoms with van der Waals surface area (Å²) < 4.78 is 34.9. The first-order valence-electron chi connectivity index (χ1n) is 9.69. The monoisotopic (exact) mass is 444 g/mol. The fourth-order valence-electron chi connectivity index (χ4n) is 3.97. The third-order valence-corrected chi connectivity index (χ3v) is 8.72. The number of hydrogen-bond donors (Lipinski definition) is 0. The molecular formula is C21H20N2O5S2. The van der Waals surface area contributed by atoms with E-state index < -0.39 is 9.84 Å². The van der Waals surface area contributed by atoms with E-state index in [9.17, 15) is 13.2 Å². The van der Waals surface area contributed by atoms with Crippen molar-refractivity contribution in [3.05, 3.63) is 59.7 Å². The van der Waals surface area contributed by atoms with E-state index >= 15 is 0 Å². The van der Waals surface area contributed by atoms with Crippen LogP contribution in [0.25, 0.3) is 0 Å². The van der Waals surface area contributed by atoms with E-state index in [0.717, 1.165) is 12.0 Å². The van der Waals surface area contributed by atoms with Gasteiger partial charge in [-0.15, -0.1) is 0 Å². The van der Waals surface area contributed by atoms with Crippen molar-refractivity contribution in [2.45, 2.75) is 17.7 Å². The molecular weight excluding hydrogens is 424 g/mol. The Morgan fingerprint density at radius 1 is 1.10 bits per heavy atom. The number of amides is 1. The topological polar surface area (TPSA) is 85.3 Å². The highest BCUT2D eigenvalue weighted by Crippen LogP contribution is 2.38. The molecule has 5 rings (SSSR count). The van der Waals surface area contributed by atoms with Gasteiger partial charge in [-0.3, -0.25) is 4.79 Å². The van der Waals surface area contributed by atoms with Crippen LogP contribution in [0.1, 0.15) is 15.9 Å². The van der Waals surface area contributed by atoms with Crippen LogP contribution >= 0.6 is 11.8 Å². The van der Waals surface area contributed by atoms with Gasteiger partial charge in [0, 0.05) is 17.4 Å². The molecule has 7 nitrogen and oxygen atoms in total. The number of fused-ring (bicyclic) bond motifs is 2. The van der Waals surface area contributed by atoms with Gasteiger partial charge in [-0.25, -0.2) is 8.42 Å². The summed E-state index contributed by atoms with van der Waals surface area (Å²) in [7, 11) is -3.07. The Morgan fingerprint density at radius 3 is 2.73 bits per heavy atom. The van der Waals surface area contributed by atoms with Crippen molar-refractivity contribution in [1.29, 1.82) is 0 Å². The summed E-state index contributed by atoms with van der Waals surface area (Å²) in [4.78, 5) is 19.2. The SMILES string of the molecule is O=C(N=C1S[C@H]2CS(=O)(=O)C[C@@H]2N1CCc1ccccc1)c1ccc2c(c1)OCO2. The normalized spacial score (nSPS) is 24.9. The molecule has 0 bridgehead atoms. The second kappa shape index (κ2) is 7.63. The first-order valence-corrected chi connectivity index (χ1v) is 12.4. The van der Waals surface area contributed by atoms with E-state index in [1.807, 2.05) is 35.2 Å². The van der Waals surface area contributed by atoms with Gasteiger partial charge in [0.1, 0.15) is 0 Å². The van der Waals surface area contributed by atoms with Crippen LogP contribution in [0.5, 0.6) is 11.5 Å². The fraction of sp³-hybridized carbons (Fsp3) is 0.333. The van der Waals surface area contributed by atoms with E-state index in [-0.39, 0.29) is 35.5 Å². The lowest BCUT2D eigenvalue weighted by Gasteiger charge is -2.24. The summed E-state index contributed by atoms with van der Waals surface area (Å²) in [6, 6.07) is 14.9. The number of sulfone groups is 1. The molecule has 2 aromatic rings. The Kier molecular flexibility index (Phi) is 4.94. The molecule has 3 aliphatic rings. The van der Waals surface area contributed by atoms with Crippen LogP contribution in [0.4, 0.5) is 0 Å². The minimum Gasteiger partial charge on any atom is -0.454 e. The quantitative estimate of drug-likeness (QED) is 0.716. The predicted octanol–water partition coefficient (Wildman–Crippen LogP) is 2.37. The van der Waals surface area contributed by atoms with E-state index in [1.165, 1.54) is 11.8 Å². The molecule has 0 spiro atoms. The molecule has 0 aromatic heterocycles. The summed E-state index contributed by atoms with van der Waals surface area (Å²) in [6.07, 6.45) is 0.752. The molecule has 9 heteroatoms. The first-order chi connectivity index (χ1) is 14.5. The Bertz CT molecular complexity index is 1120. The van der Waals surface area contributed by atoms with E-state index in [1.54, 1.807) is 18.2 Å². The van der Waals surface area contributed by atoms with Gasteiger partial charge < -0.3 is 14.4 Å². The van der Waals surface area contributed by atoms with Crippen molar-refractivity contribution >= 4 is 32.7 Å². The molecule has 0 aliphatic carbocycles. The molecule has 156 valence electrons. The van der Waals surface area contributed by atoms with Crippen LogP contribution in [0.15, 0.2) is 53.5 Å². The minimum atomic E-state index is -3.07. The van der Waals surface area contributed by atoms with Crippen LogP contribution in [0, 0.1) is 0 Å². The number of carbonyl (C=O) groups is 1. The fourth-order valence-corrected chi connectivity index (χ4v) is 7.95. The van der Waals surface area contributed by atoms with E-state index in [2.05, 4.69) is 4.99 Å². The van der Waals surface area contributed by atoms with Crippen LogP contribution < -0.4 is 9.47 Å². The maximum absolute atomic E-state index is 12.8. The van der Waals surface area contributed by atoms with E-state index in [0.29, 0.717) is 28.8 Å². The van der Waals surface area contributed by atoms with Crippen molar-refractivity contribution in [3.8, 4) is 11.5 Å². The average Bonchev–Trinajstić information content (AvgIpc) is 3.39. The third-order valence-electron chi connectivity index (χ3n) is 5.48. The molecule has 0 radical (unpaired) electrons. The lowest BCUT2D eigenvalue weighted by atomic mass is 10.1. The molecule has 1 amide bonds. The zero-order valence-corrected chi connectivity index (χ0v) is 17.7. The van der Waals surface area contributed by atoms with Gasteiger partial charge in [0.25, 0.3) is 5.91 Å². The van der Waals surface area contributed by atoms with Gasteiger partial charge in [0.2, 0.25) is 6.79 Å². The Morgan fingerprint density at radius 2 is 1.90 bits per heavy atom. The van der Waals surface area contributed by atoms with Gasteiger partial charge in [-0.1, -0.05) is 42.1 Å². The van der Waals surface area contributed by atoms with Crippen molar-refractivity contribution < 1.29 is 22.7 Å². The van der Waals surface area contributed by atoms with Crippen molar-refractivity contribution in [2.24, 2.45) is 4.99 Å². The smallest absolute Gasteiger partial charge is 0.279 e. The van der Waals surface area contributed by atoms with Gasteiger partial charge in [-0.2, -0.15) is 4.99 Å². The van der Waals surface area contributed by atoms with Gasteiger partial charge in [0.15, 0.2) is 26.5 Å². The number of benzene rings is 2. The average molecular weight is 445 g/mol. The molecule has 2 atom stereocenters. The van der Waals surface area contributed by atoms with Crippen molar-refractivity contribution in [3.63, 3.8) is 0 Å². The molecule has 2 fully saturated rings. The van der Waals surface area contributed by atoms with E-state index in [4.69, 9.17) is 9.47 Å². The van der Waals surface area contributed by atoms with Gasteiger partial charge in [0.05, 0.1) is 17.5 Å². The zero-order valence-electron chi connectivity index (χ0n) is 16.1. The Balaban J connectivity index is 1.39. The molecule has 3 aliphatic heterocycles. The second-order valence-corrected chi connectivity index (χ2v) is 10.9. The zero-order chi connectivity index (χ0) is 20.7. The summed E-state index contributed by atoms with van der Waals surface area (Å²) >= 11 is 1.40.